The van der Waals surface area contributed by atoms with Gasteiger partial charge in [-0.25, -0.2) is 4.39 Å². The Labute approximate surface area is 155 Å². The summed E-state index contributed by atoms with van der Waals surface area (Å²) < 4.78 is 32.6. The molecule has 1 aliphatic carbocycles. The molecule has 0 radical (unpaired) electrons. The van der Waals surface area contributed by atoms with Crippen molar-refractivity contribution in [1.82, 2.24) is 0 Å². The summed E-state index contributed by atoms with van der Waals surface area (Å²) in [6, 6.07) is 12.6. The molecule has 1 aliphatic rings. The van der Waals surface area contributed by atoms with Crippen LogP contribution in [0.5, 0.6) is 0 Å². The second-order valence-corrected chi connectivity index (χ2v) is 8.67. The van der Waals surface area contributed by atoms with Crippen LogP contribution >= 0.6 is 0 Å². The molecular weight excluding hydrogens is 347 g/mol. The molecule has 26 heavy (non-hydrogen) atoms. The third-order valence-electron chi connectivity index (χ3n) is 5.32. The molecule has 1 heterocycles. The second-order valence-electron chi connectivity index (χ2n) is 7.00. The Kier molecular flexibility index (Phi) is 4.94. The molecule has 136 valence electrons. The number of hydrogen-bond donors (Lipinski definition) is 0. The maximum atomic E-state index is 13.7. The Morgan fingerprint density at radius 3 is 2.65 bits per heavy atom. The summed E-state index contributed by atoms with van der Waals surface area (Å²) in [5.41, 5.74) is 2.66. The highest BCUT2D eigenvalue weighted by molar-refractivity contribution is 7.85. The zero-order chi connectivity index (χ0) is 18.1. The van der Waals surface area contributed by atoms with Gasteiger partial charge in [0, 0.05) is 16.7 Å². The van der Waals surface area contributed by atoms with Gasteiger partial charge in [0.2, 0.25) is 0 Å². The molecule has 2 aromatic carbocycles. The lowest BCUT2D eigenvalue weighted by atomic mass is 9.84. The third-order valence-corrected chi connectivity index (χ3v) is 6.70. The number of furan rings is 1. The quantitative estimate of drug-likeness (QED) is 0.531. The number of rotatable bonds is 4. The zero-order valence-corrected chi connectivity index (χ0v) is 15.8. The first-order valence-corrected chi connectivity index (χ1v) is 10.7. The molecule has 1 aromatic heterocycles. The average molecular weight is 370 g/mol. The lowest BCUT2D eigenvalue weighted by molar-refractivity contribution is 0.444. The standard InChI is InChI=1S/C22H23FO2S/c1-2-26(24)22-19-14-16(15-7-4-3-5-8-15)11-12-20(19)25-21(22)17-9-6-10-18(23)13-17/h6,9-15H,2-5,7-8H2,1H3/t26-/m1/s1. The summed E-state index contributed by atoms with van der Waals surface area (Å²) in [6.07, 6.45) is 6.30. The van der Waals surface area contributed by atoms with Crippen molar-refractivity contribution in [2.75, 3.05) is 5.75 Å². The van der Waals surface area contributed by atoms with E-state index in [1.807, 2.05) is 13.0 Å². The number of benzene rings is 2. The maximum absolute atomic E-state index is 13.7. The summed E-state index contributed by atoms with van der Waals surface area (Å²) >= 11 is 0. The van der Waals surface area contributed by atoms with E-state index in [1.54, 1.807) is 12.1 Å². The van der Waals surface area contributed by atoms with Crippen molar-refractivity contribution in [1.29, 1.82) is 0 Å². The van der Waals surface area contributed by atoms with Gasteiger partial charge in [-0.05, 0) is 48.6 Å². The molecule has 3 aromatic rings. The van der Waals surface area contributed by atoms with Gasteiger partial charge >= 0.3 is 0 Å². The minimum atomic E-state index is -1.18. The largest absolute Gasteiger partial charge is 0.455 e. The Bertz CT molecular complexity index is 954. The summed E-state index contributed by atoms with van der Waals surface area (Å²) in [6.45, 7) is 1.90. The molecule has 0 unspecified atom stereocenters. The van der Waals surface area contributed by atoms with E-state index in [2.05, 4.69) is 12.1 Å². The molecule has 0 bridgehead atoms. The molecular formula is C22H23FO2S. The van der Waals surface area contributed by atoms with Crippen LogP contribution < -0.4 is 0 Å². The van der Waals surface area contributed by atoms with Gasteiger partial charge in [-0.3, -0.25) is 4.21 Å². The molecule has 0 N–H and O–H groups in total. The van der Waals surface area contributed by atoms with E-state index < -0.39 is 10.8 Å². The van der Waals surface area contributed by atoms with Crippen LogP contribution in [-0.2, 0) is 10.8 Å². The summed E-state index contributed by atoms with van der Waals surface area (Å²) in [5, 5.41) is 0.910. The Morgan fingerprint density at radius 2 is 1.92 bits per heavy atom. The molecule has 1 saturated carbocycles. The molecule has 0 spiro atoms. The molecule has 4 rings (SSSR count). The Balaban J connectivity index is 1.88. The minimum Gasteiger partial charge on any atom is -0.455 e. The zero-order valence-electron chi connectivity index (χ0n) is 15.0. The smallest absolute Gasteiger partial charge is 0.151 e. The van der Waals surface area contributed by atoms with Gasteiger partial charge in [-0.1, -0.05) is 44.4 Å². The van der Waals surface area contributed by atoms with E-state index in [1.165, 1.54) is 49.8 Å². The number of hydrogen-bond acceptors (Lipinski definition) is 2. The average Bonchev–Trinajstić information content (AvgIpc) is 3.07. The molecule has 2 nitrogen and oxygen atoms in total. The monoisotopic (exact) mass is 370 g/mol. The van der Waals surface area contributed by atoms with Gasteiger partial charge in [0.25, 0.3) is 0 Å². The van der Waals surface area contributed by atoms with Crippen LogP contribution in [0.25, 0.3) is 22.3 Å². The summed E-state index contributed by atoms with van der Waals surface area (Å²) in [7, 11) is -1.18. The van der Waals surface area contributed by atoms with Crippen LogP contribution in [0.2, 0.25) is 0 Å². The van der Waals surface area contributed by atoms with Gasteiger partial charge in [0.15, 0.2) is 5.76 Å². The predicted molar refractivity (Wildman–Crippen MR) is 104 cm³/mol. The van der Waals surface area contributed by atoms with Crippen molar-refractivity contribution in [3.05, 3.63) is 53.8 Å². The lowest BCUT2D eigenvalue weighted by Gasteiger charge is -2.21. The highest BCUT2D eigenvalue weighted by atomic mass is 32.2. The van der Waals surface area contributed by atoms with Gasteiger partial charge in [0.05, 0.1) is 15.7 Å². The van der Waals surface area contributed by atoms with Crippen molar-refractivity contribution in [2.24, 2.45) is 0 Å². The first-order chi connectivity index (χ1) is 12.7. The van der Waals surface area contributed by atoms with Crippen molar-refractivity contribution < 1.29 is 13.0 Å². The van der Waals surface area contributed by atoms with Crippen molar-refractivity contribution in [3.8, 4) is 11.3 Å². The molecule has 4 heteroatoms. The topological polar surface area (TPSA) is 30.2 Å². The number of halogens is 1. The van der Waals surface area contributed by atoms with E-state index in [9.17, 15) is 8.60 Å². The van der Waals surface area contributed by atoms with Crippen LogP contribution in [0.1, 0.15) is 50.5 Å². The fourth-order valence-electron chi connectivity index (χ4n) is 3.97. The SMILES string of the molecule is CC[S@@](=O)c1c(-c2cccc(F)c2)oc2ccc(C3CCCCC3)cc12. The predicted octanol–water partition coefficient (Wildman–Crippen LogP) is 6.41. The van der Waals surface area contributed by atoms with Crippen LogP contribution in [-0.4, -0.2) is 9.96 Å². The highest BCUT2D eigenvalue weighted by Crippen LogP contribution is 2.40. The molecule has 1 atom stereocenters. The van der Waals surface area contributed by atoms with Crippen molar-refractivity contribution in [3.63, 3.8) is 0 Å². The van der Waals surface area contributed by atoms with Crippen molar-refractivity contribution >= 4 is 21.8 Å². The molecule has 0 saturated heterocycles. The first-order valence-electron chi connectivity index (χ1n) is 9.38. The van der Waals surface area contributed by atoms with Gasteiger partial charge in [-0.15, -0.1) is 0 Å². The lowest BCUT2D eigenvalue weighted by Crippen LogP contribution is -2.04. The van der Waals surface area contributed by atoms with E-state index in [-0.39, 0.29) is 5.82 Å². The van der Waals surface area contributed by atoms with E-state index in [0.717, 1.165) is 11.0 Å². The summed E-state index contributed by atoms with van der Waals surface area (Å²) in [4.78, 5) is 0.700. The fraction of sp³-hybridized carbons (Fsp3) is 0.364. The van der Waals surface area contributed by atoms with Crippen LogP contribution in [0, 0.1) is 5.82 Å². The van der Waals surface area contributed by atoms with Gasteiger partial charge < -0.3 is 4.42 Å². The third kappa shape index (κ3) is 3.23. The molecule has 1 fully saturated rings. The minimum absolute atomic E-state index is 0.320. The maximum Gasteiger partial charge on any atom is 0.151 e. The van der Waals surface area contributed by atoms with Gasteiger partial charge in [-0.2, -0.15) is 0 Å². The van der Waals surface area contributed by atoms with E-state index in [4.69, 9.17) is 4.42 Å². The normalized spacial score (nSPS) is 16.8. The number of fused-ring (bicyclic) bond motifs is 1. The van der Waals surface area contributed by atoms with Crippen LogP contribution in [0.3, 0.4) is 0 Å². The van der Waals surface area contributed by atoms with Crippen LogP contribution in [0.15, 0.2) is 51.8 Å². The van der Waals surface area contributed by atoms with Crippen molar-refractivity contribution in [2.45, 2.75) is 49.8 Å². The first kappa shape index (κ1) is 17.5. The summed E-state index contributed by atoms with van der Waals surface area (Å²) in [5.74, 6) is 1.29. The fourth-order valence-corrected chi connectivity index (χ4v) is 5.03. The second kappa shape index (κ2) is 7.36. The highest BCUT2D eigenvalue weighted by Gasteiger charge is 2.23. The van der Waals surface area contributed by atoms with E-state index in [0.29, 0.717) is 27.9 Å². The van der Waals surface area contributed by atoms with Gasteiger partial charge in [0.1, 0.15) is 11.4 Å². The Morgan fingerprint density at radius 1 is 1.12 bits per heavy atom. The van der Waals surface area contributed by atoms with E-state index >= 15 is 0 Å². The molecule has 0 aliphatic heterocycles. The van der Waals surface area contributed by atoms with Crippen LogP contribution in [0.4, 0.5) is 4.39 Å². The molecule has 0 amide bonds. The Hall–Kier alpha value is -1.94.